The van der Waals surface area contributed by atoms with Crippen LogP contribution in [-0.4, -0.2) is 22.0 Å². The summed E-state index contributed by atoms with van der Waals surface area (Å²) in [5.41, 5.74) is 4.55. The second-order valence-corrected chi connectivity index (χ2v) is 6.32. The summed E-state index contributed by atoms with van der Waals surface area (Å²) in [5, 5.41) is 4.13. The van der Waals surface area contributed by atoms with Gasteiger partial charge in [0, 0.05) is 23.0 Å². The van der Waals surface area contributed by atoms with Crippen LogP contribution in [0.2, 0.25) is 0 Å². The predicted molar refractivity (Wildman–Crippen MR) is 107 cm³/mol. The number of carbonyl (C=O) groups is 1. The van der Waals surface area contributed by atoms with Gasteiger partial charge in [-0.25, -0.2) is 14.8 Å². The molecule has 26 heavy (non-hydrogen) atoms. The lowest BCUT2D eigenvalue weighted by molar-refractivity contribution is 0.0379. The molecule has 2 aromatic heterocycles. The van der Waals surface area contributed by atoms with Crippen LogP contribution in [0, 0.1) is 13.8 Å². The van der Waals surface area contributed by atoms with Crippen LogP contribution >= 0.6 is 12.4 Å². The van der Waals surface area contributed by atoms with Gasteiger partial charge in [-0.2, -0.15) is 0 Å². The molecule has 0 saturated carbocycles. The number of aromatic nitrogens is 2. The van der Waals surface area contributed by atoms with Crippen molar-refractivity contribution >= 4 is 40.8 Å². The Kier molecular flexibility index (Phi) is 6.16. The van der Waals surface area contributed by atoms with Gasteiger partial charge in [0.25, 0.3) is 0 Å². The molecule has 0 spiro atoms. The molecule has 136 valence electrons. The molecule has 5 nitrogen and oxygen atoms in total. The average molecular weight is 372 g/mol. The number of pyridine rings is 2. The van der Waals surface area contributed by atoms with Crippen LogP contribution in [-0.2, 0) is 4.74 Å². The molecule has 1 aromatic carbocycles. The molecule has 0 amide bonds. The zero-order chi connectivity index (χ0) is 18.0. The van der Waals surface area contributed by atoms with E-state index >= 15 is 0 Å². The maximum Gasteiger partial charge on any atom is 0.342 e. The summed E-state index contributed by atoms with van der Waals surface area (Å²) >= 11 is 0. The third kappa shape index (κ3) is 4.29. The second kappa shape index (κ2) is 8.15. The van der Waals surface area contributed by atoms with Crippen LogP contribution in [0.5, 0.6) is 0 Å². The van der Waals surface area contributed by atoms with E-state index in [4.69, 9.17) is 4.74 Å². The van der Waals surface area contributed by atoms with Gasteiger partial charge in [0.05, 0.1) is 11.8 Å². The number of hydrogen-bond acceptors (Lipinski definition) is 5. The highest BCUT2D eigenvalue weighted by atomic mass is 35.5. The molecule has 6 heteroatoms. The molecule has 0 bridgehead atoms. The molecular weight excluding hydrogens is 350 g/mol. The van der Waals surface area contributed by atoms with Gasteiger partial charge in [0.1, 0.15) is 5.56 Å². The van der Waals surface area contributed by atoms with Crippen LogP contribution in [0.3, 0.4) is 0 Å². The van der Waals surface area contributed by atoms with Gasteiger partial charge in [-0.05, 0) is 57.5 Å². The highest BCUT2D eigenvalue weighted by Gasteiger charge is 2.19. The lowest BCUT2D eigenvalue weighted by Gasteiger charge is -2.15. The number of anilines is 2. The Morgan fingerprint density at radius 2 is 1.92 bits per heavy atom. The number of benzene rings is 1. The largest absolute Gasteiger partial charge is 0.459 e. The third-order valence-corrected chi connectivity index (χ3v) is 3.72. The van der Waals surface area contributed by atoms with Crippen molar-refractivity contribution in [3.05, 3.63) is 59.4 Å². The third-order valence-electron chi connectivity index (χ3n) is 3.72. The van der Waals surface area contributed by atoms with E-state index in [-0.39, 0.29) is 18.5 Å². The van der Waals surface area contributed by atoms with E-state index < -0.39 is 5.97 Å². The zero-order valence-corrected chi connectivity index (χ0v) is 16.1. The van der Waals surface area contributed by atoms with E-state index in [2.05, 4.69) is 15.3 Å². The molecular formula is C20H22ClN3O2. The Labute approximate surface area is 159 Å². The van der Waals surface area contributed by atoms with Crippen molar-refractivity contribution in [2.75, 3.05) is 5.32 Å². The molecule has 0 fully saturated rings. The first kappa shape index (κ1) is 19.7. The summed E-state index contributed by atoms with van der Waals surface area (Å²) < 4.78 is 5.37. The second-order valence-electron chi connectivity index (χ2n) is 6.32. The molecule has 3 rings (SSSR count). The molecule has 0 unspecified atom stereocenters. The molecule has 0 aliphatic carbocycles. The highest BCUT2D eigenvalue weighted by Crippen LogP contribution is 2.29. The fourth-order valence-electron chi connectivity index (χ4n) is 2.61. The molecule has 3 aromatic rings. The molecule has 0 aliphatic heterocycles. The summed E-state index contributed by atoms with van der Waals surface area (Å²) in [7, 11) is 0. The van der Waals surface area contributed by atoms with Crippen LogP contribution < -0.4 is 5.32 Å². The number of carbonyl (C=O) groups excluding carboxylic acids is 1. The number of fused-ring (bicyclic) bond motifs is 1. The maximum absolute atomic E-state index is 12.5. The van der Waals surface area contributed by atoms with Gasteiger partial charge in [-0.15, -0.1) is 12.4 Å². The quantitative estimate of drug-likeness (QED) is 0.655. The lowest BCUT2D eigenvalue weighted by atomic mass is 10.1. The summed E-state index contributed by atoms with van der Waals surface area (Å²) in [4.78, 5) is 21.3. The van der Waals surface area contributed by atoms with E-state index in [9.17, 15) is 4.79 Å². The summed E-state index contributed by atoms with van der Waals surface area (Å²) in [5.74, 6) is -0.403. The van der Waals surface area contributed by atoms with Gasteiger partial charge < -0.3 is 10.1 Å². The van der Waals surface area contributed by atoms with Gasteiger partial charge in [-0.1, -0.05) is 12.1 Å². The normalized spacial score (nSPS) is 10.5. The van der Waals surface area contributed by atoms with Crippen molar-refractivity contribution in [1.82, 2.24) is 9.97 Å². The van der Waals surface area contributed by atoms with Crippen LogP contribution in [0.25, 0.3) is 11.0 Å². The Bertz CT molecular complexity index is 941. The molecule has 0 aliphatic rings. The van der Waals surface area contributed by atoms with Crippen molar-refractivity contribution in [2.24, 2.45) is 0 Å². The van der Waals surface area contributed by atoms with Crippen LogP contribution in [0.1, 0.15) is 35.5 Å². The van der Waals surface area contributed by atoms with Crippen LogP contribution in [0.4, 0.5) is 11.4 Å². The predicted octanol–water partition coefficient (Wildman–Crippen LogP) is 4.98. The minimum atomic E-state index is -0.403. The van der Waals surface area contributed by atoms with E-state index in [0.29, 0.717) is 16.9 Å². The lowest BCUT2D eigenvalue weighted by Crippen LogP contribution is -2.14. The maximum atomic E-state index is 12.5. The first-order valence-corrected chi connectivity index (χ1v) is 8.25. The topological polar surface area (TPSA) is 64.1 Å². The Balaban J connectivity index is 0.00000243. The fourth-order valence-corrected chi connectivity index (χ4v) is 2.61. The van der Waals surface area contributed by atoms with Crippen molar-refractivity contribution < 1.29 is 9.53 Å². The number of aryl methyl sites for hydroxylation is 2. The van der Waals surface area contributed by atoms with Crippen molar-refractivity contribution in [1.29, 1.82) is 0 Å². The van der Waals surface area contributed by atoms with Gasteiger partial charge >= 0.3 is 5.97 Å². The highest BCUT2D eigenvalue weighted by molar-refractivity contribution is 6.05. The number of nitrogens with one attached hydrogen (secondary N) is 1. The minimum Gasteiger partial charge on any atom is -0.459 e. The molecule has 1 N–H and O–H groups in total. The van der Waals surface area contributed by atoms with E-state index in [1.165, 1.54) is 6.20 Å². The van der Waals surface area contributed by atoms with E-state index in [0.717, 1.165) is 22.3 Å². The molecule has 2 heterocycles. The zero-order valence-electron chi connectivity index (χ0n) is 15.2. The first-order chi connectivity index (χ1) is 11.9. The van der Waals surface area contributed by atoms with E-state index in [1.807, 2.05) is 64.1 Å². The van der Waals surface area contributed by atoms with Crippen molar-refractivity contribution in [2.45, 2.75) is 33.8 Å². The standard InChI is InChI=1S/C20H21N3O2.ClH/c1-12(2)25-20(24)17-11-21-19-16(9-8-14(4)22-19)18(17)23-15-7-5-6-13(3)10-15;/h5-12H,1-4H3,(H,21,22,23);1H. The van der Waals surface area contributed by atoms with Crippen molar-refractivity contribution in [3.8, 4) is 0 Å². The molecule has 0 saturated heterocycles. The Morgan fingerprint density at radius 1 is 1.15 bits per heavy atom. The fraction of sp³-hybridized carbons (Fsp3) is 0.250. The summed E-state index contributed by atoms with van der Waals surface area (Å²) in [6.07, 6.45) is 1.32. The monoisotopic (exact) mass is 371 g/mol. The summed E-state index contributed by atoms with van der Waals surface area (Å²) in [6.45, 7) is 7.58. The van der Waals surface area contributed by atoms with Gasteiger partial charge in [0.15, 0.2) is 5.65 Å². The Morgan fingerprint density at radius 3 is 2.62 bits per heavy atom. The number of esters is 1. The molecule has 0 atom stereocenters. The number of hydrogen-bond donors (Lipinski definition) is 1. The van der Waals surface area contributed by atoms with Crippen molar-refractivity contribution in [3.63, 3.8) is 0 Å². The number of ether oxygens (including phenoxy) is 1. The SMILES string of the molecule is Cc1cccc(Nc2c(C(=O)OC(C)C)cnc3nc(C)ccc23)c1.Cl. The number of rotatable bonds is 4. The first-order valence-electron chi connectivity index (χ1n) is 8.25. The van der Waals surface area contributed by atoms with Gasteiger partial charge in [0.2, 0.25) is 0 Å². The number of nitrogens with zero attached hydrogens (tertiary/aromatic N) is 2. The van der Waals surface area contributed by atoms with Crippen LogP contribution in [0.15, 0.2) is 42.6 Å². The smallest absolute Gasteiger partial charge is 0.342 e. The average Bonchev–Trinajstić information content (AvgIpc) is 2.54. The summed E-state index contributed by atoms with van der Waals surface area (Å²) in [6, 6.07) is 11.8. The Hall–Kier alpha value is -2.66. The number of halogens is 1. The minimum absolute atomic E-state index is 0. The van der Waals surface area contributed by atoms with Gasteiger partial charge in [-0.3, -0.25) is 0 Å². The molecule has 0 radical (unpaired) electrons. The van der Waals surface area contributed by atoms with E-state index in [1.54, 1.807) is 0 Å².